The molecule has 0 spiro atoms. The Hall–Kier alpha value is -8.74. The Morgan fingerprint density at radius 1 is 0.211 bits per heavy atom. The van der Waals surface area contributed by atoms with Crippen molar-refractivity contribution >= 4 is 114 Å². The molecule has 11 aromatic carbocycles. The number of hydrogen-bond donors (Lipinski definition) is 0. The molecular weight excluding hydrogens is 899 g/mol. The average Bonchev–Trinajstić information content (AvgIpc) is 4.01. The molecule has 0 atom stereocenters. The predicted molar refractivity (Wildman–Crippen MR) is 307 cm³/mol. The standard InChI is InChI=1S/C66H45N3S2/c1-5-19-46(20-6-1)48-21-17-28-54(43-48)69(55-40-41-57-58-30-18-33-62(66(58)71-65(57)45-55)68(51-24-9-3-10-25-51)52-26-11-4-12-27-52)61-32-15-14-31-60(61)67(50-22-7-2-8-23-50)53-38-35-47(36-39-53)49-37-42-64-59(44-49)56-29-13-16-34-63(56)70-64/h1-45H. The maximum absolute atomic E-state index is 2.44. The molecule has 13 aromatic rings. The van der Waals surface area contributed by atoms with Crippen LogP contribution in [0.5, 0.6) is 0 Å². The largest absolute Gasteiger partial charge is 0.309 e. The van der Waals surface area contributed by atoms with Crippen molar-refractivity contribution in [2.75, 3.05) is 14.7 Å². The number of thiophene rings is 2. The number of hydrogen-bond acceptors (Lipinski definition) is 5. The second-order valence-corrected chi connectivity index (χ2v) is 19.8. The molecule has 0 saturated carbocycles. The van der Waals surface area contributed by atoms with Gasteiger partial charge < -0.3 is 14.7 Å². The molecule has 0 aliphatic rings. The molecule has 0 unspecified atom stereocenters. The van der Waals surface area contributed by atoms with Crippen molar-refractivity contribution in [3.05, 3.63) is 273 Å². The van der Waals surface area contributed by atoms with Crippen LogP contribution in [0.15, 0.2) is 273 Å². The highest BCUT2D eigenvalue weighted by Crippen LogP contribution is 2.50. The fourth-order valence-electron chi connectivity index (χ4n) is 10.1. The van der Waals surface area contributed by atoms with Crippen LogP contribution in [0.3, 0.4) is 0 Å². The first-order chi connectivity index (χ1) is 35.2. The van der Waals surface area contributed by atoms with Gasteiger partial charge in [-0.2, -0.15) is 0 Å². The van der Waals surface area contributed by atoms with E-state index in [2.05, 4.69) is 288 Å². The highest BCUT2D eigenvalue weighted by Gasteiger charge is 2.24. The van der Waals surface area contributed by atoms with E-state index in [4.69, 9.17) is 0 Å². The summed E-state index contributed by atoms with van der Waals surface area (Å²) in [6, 6.07) is 99.0. The SMILES string of the molecule is c1ccc(-c2cccc(N(c3ccc4c(c3)sc3c(N(c5ccccc5)c5ccccc5)cccc34)c3ccccc3N(c3ccccc3)c3ccc(-c4ccc5sc6ccccc6c5c4)cc3)c2)cc1. The van der Waals surface area contributed by atoms with E-state index in [-0.39, 0.29) is 0 Å². The topological polar surface area (TPSA) is 9.72 Å². The zero-order valence-electron chi connectivity index (χ0n) is 38.6. The van der Waals surface area contributed by atoms with Crippen molar-refractivity contribution in [2.45, 2.75) is 0 Å². The van der Waals surface area contributed by atoms with E-state index in [0.717, 1.165) is 56.7 Å². The molecule has 13 rings (SSSR count). The van der Waals surface area contributed by atoms with Gasteiger partial charge in [0, 0.05) is 69.8 Å². The molecule has 0 aliphatic carbocycles. The quantitative estimate of drug-likeness (QED) is 0.128. The van der Waals surface area contributed by atoms with Gasteiger partial charge >= 0.3 is 0 Å². The molecule has 0 saturated heterocycles. The van der Waals surface area contributed by atoms with Crippen LogP contribution in [-0.2, 0) is 0 Å². The predicted octanol–water partition coefficient (Wildman–Crippen LogP) is 20.2. The lowest BCUT2D eigenvalue weighted by Gasteiger charge is -2.33. The van der Waals surface area contributed by atoms with Gasteiger partial charge in [-0.1, -0.05) is 164 Å². The molecule has 0 fully saturated rings. The van der Waals surface area contributed by atoms with Crippen LogP contribution >= 0.6 is 22.7 Å². The number of nitrogens with zero attached hydrogens (tertiary/aromatic N) is 3. The molecule has 0 amide bonds. The summed E-state index contributed by atoms with van der Waals surface area (Å²) in [6.45, 7) is 0. The minimum atomic E-state index is 1.06. The van der Waals surface area contributed by atoms with Crippen LogP contribution in [0, 0.1) is 0 Å². The lowest BCUT2D eigenvalue weighted by molar-refractivity contribution is 1.23. The van der Waals surface area contributed by atoms with Crippen molar-refractivity contribution in [3.8, 4) is 22.3 Å². The van der Waals surface area contributed by atoms with E-state index in [1.54, 1.807) is 0 Å². The van der Waals surface area contributed by atoms with Gasteiger partial charge in [0.1, 0.15) is 0 Å². The van der Waals surface area contributed by atoms with Crippen LogP contribution in [0.2, 0.25) is 0 Å². The molecule has 0 radical (unpaired) electrons. The Kier molecular flexibility index (Phi) is 10.9. The average molecular weight is 944 g/mol. The maximum atomic E-state index is 2.44. The van der Waals surface area contributed by atoms with Gasteiger partial charge in [0.2, 0.25) is 0 Å². The third kappa shape index (κ3) is 7.88. The molecule has 5 heteroatoms. The monoisotopic (exact) mass is 943 g/mol. The second-order valence-electron chi connectivity index (χ2n) is 17.7. The molecule has 0 aliphatic heterocycles. The number of para-hydroxylation sites is 5. The first kappa shape index (κ1) is 42.4. The second kappa shape index (κ2) is 18.3. The van der Waals surface area contributed by atoms with E-state index >= 15 is 0 Å². The summed E-state index contributed by atoms with van der Waals surface area (Å²) in [6.07, 6.45) is 0. The first-order valence-corrected chi connectivity index (χ1v) is 25.6. The highest BCUT2D eigenvalue weighted by atomic mass is 32.1. The van der Waals surface area contributed by atoms with Crippen LogP contribution in [-0.4, -0.2) is 0 Å². The van der Waals surface area contributed by atoms with Gasteiger partial charge in [-0.3, -0.25) is 0 Å². The van der Waals surface area contributed by atoms with E-state index in [1.165, 1.54) is 57.0 Å². The molecule has 2 aromatic heterocycles. The zero-order valence-corrected chi connectivity index (χ0v) is 40.3. The molecule has 71 heavy (non-hydrogen) atoms. The van der Waals surface area contributed by atoms with Gasteiger partial charge in [-0.05, 0) is 131 Å². The van der Waals surface area contributed by atoms with Crippen LogP contribution in [0.25, 0.3) is 62.6 Å². The third-order valence-electron chi connectivity index (χ3n) is 13.4. The van der Waals surface area contributed by atoms with Crippen molar-refractivity contribution in [1.82, 2.24) is 0 Å². The van der Waals surface area contributed by atoms with Gasteiger partial charge in [-0.25, -0.2) is 0 Å². The Balaban J connectivity index is 0.968. The summed E-state index contributed by atoms with van der Waals surface area (Å²) in [5, 5.41) is 5.09. The third-order valence-corrected chi connectivity index (χ3v) is 15.8. The minimum Gasteiger partial charge on any atom is -0.309 e. The smallest absolute Gasteiger partial charge is 0.0702 e. The summed E-state index contributed by atoms with van der Waals surface area (Å²) in [5.74, 6) is 0. The summed E-state index contributed by atoms with van der Waals surface area (Å²) in [4.78, 5) is 7.22. The summed E-state index contributed by atoms with van der Waals surface area (Å²) < 4.78 is 5.09. The molecular formula is C66H45N3S2. The minimum absolute atomic E-state index is 1.06. The molecule has 0 bridgehead atoms. The lowest BCUT2D eigenvalue weighted by Crippen LogP contribution is -2.17. The van der Waals surface area contributed by atoms with Crippen LogP contribution < -0.4 is 14.7 Å². The van der Waals surface area contributed by atoms with Crippen molar-refractivity contribution in [2.24, 2.45) is 0 Å². The number of rotatable bonds is 11. The van der Waals surface area contributed by atoms with E-state index in [1.807, 2.05) is 22.7 Å². The normalized spacial score (nSPS) is 11.4. The van der Waals surface area contributed by atoms with Gasteiger partial charge in [0.05, 0.1) is 21.8 Å². The van der Waals surface area contributed by atoms with Crippen molar-refractivity contribution < 1.29 is 0 Å². The Morgan fingerprint density at radius 2 is 0.634 bits per heavy atom. The fraction of sp³-hybridized carbons (Fsp3) is 0. The fourth-order valence-corrected chi connectivity index (χ4v) is 12.4. The highest BCUT2D eigenvalue weighted by molar-refractivity contribution is 7.26. The molecule has 2 heterocycles. The lowest BCUT2D eigenvalue weighted by atomic mass is 10.0. The van der Waals surface area contributed by atoms with Crippen molar-refractivity contribution in [1.29, 1.82) is 0 Å². The number of fused-ring (bicyclic) bond motifs is 6. The Morgan fingerprint density at radius 3 is 1.32 bits per heavy atom. The summed E-state index contributed by atoms with van der Waals surface area (Å²) >= 11 is 3.71. The van der Waals surface area contributed by atoms with Crippen LogP contribution in [0.4, 0.5) is 51.2 Å². The molecule has 3 nitrogen and oxygen atoms in total. The van der Waals surface area contributed by atoms with Gasteiger partial charge in [0.15, 0.2) is 0 Å². The van der Waals surface area contributed by atoms with Crippen LogP contribution in [0.1, 0.15) is 0 Å². The summed E-state index contributed by atoms with van der Waals surface area (Å²) in [5.41, 5.74) is 14.5. The van der Waals surface area contributed by atoms with E-state index in [0.29, 0.717) is 0 Å². The Bertz CT molecular complexity index is 3960. The van der Waals surface area contributed by atoms with Crippen molar-refractivity contribution in [3.63, 3.8) is 0 Å². The zero-order chi connectivity index (χ0) is 47.1. The maximum Gasteiger partial charge on any atom is 0.0702 e. The molecule has 0 N–H and O–H groups in total. The molecule has 336 valence electrons. The Labute approximate surface area is 421 Å². The van der Waals surface area contributed by atoms with Gasteiger partial charge in [0.25, 0.3) is 0 Å². The van der Waals surface area contributed by atoms with E-state index < -0.39 is 0 Å². The van der Waals surface area contributed by atoms with Gasteiger partial charge in [-0.15, -0.1) is 22.7 Å². The summed E-state index contributed by atoms with van der Waals surface area (Å²) in [7, 11) is 0. The van der Waals surface area contributed by atoms with E-state index in [9.17, 15) is 0 Å². The first-order valence-electron chi connectivity index (χ1n) is 24.0. The number of anilines is 9. The number of benzene rings is 11.